The summed E-state index contributed by atoms with van der Waals surface area (Å²) in [6.45, 7) is 2.49. The van der Waals surface area contributed by atoms with E-state index in [4.69, 9.17) is 16.3 Å². The Morgan fingerprint density at radius 3 is 2.56 bits per heavy atom. The van der Waals surface area contributed by atoms with Crippen molar-refractivity contribution in [3.05, 3.63) is 46.7 Å². The average molecular weight is 237 g/mol. The van der Waals surface area contributed by atoms with Gasteiger partial charge in [-0.3, -0.25) is 4.68 Å². The third-order valence-electron chi connectivity index (χ3n) is 2.36. The molecule has 0 aliphatic heterocycles. The smallest absolute Gasteiger partial charge is 0.132 e. The lowest BCUT2D eigenvalue weighted by Crippen LogP contribution is -1.98. The minimum Gasteiger partial charge on any atom is -0.487 e. The van der Waals surface area contributed by atoms with E-state index in [1.807, 2.05) is 36.9 Å². The van der Waals surface area contributed by atoms with Crippen LogP contribution in [0.25, 0.3) is 0 Å². The van der Waals surface area contributed by atoms with E-state index in [-0.39, 0.29) is 0 Å². The van der Waals surface area contributed by atoms with Crippen molar-refractivity contribution < 1.29 is 4.74 Å². The molecule has 0 aliphatic carbocycles. The number of benzene rings is 1. The van der Waals surface area contributed by atoms with Crippen LogP contribution >= 0.6 is 11.6 Å². The van der Waals surface area contributed by atoms with E-state index in [0.717, 1.165) is 17.1 Å². The minimum absolute atomic E-state index is 0.476. The molecule has 16 heavy (non-hydrogen) atoms. The Morgan fingerprint density at radius 1 is 1.31 bits per heavy atom. The Bertz CT molecular complexity index is 457. The maximum atomic E-state index is 5.78. The largest absolute Gasteiger partial charge is 0.487 e. The number of hydrogen-bond donors (Lipinski definition) is 0. The zero-order valence-electron chi connectivity index (χ0n) is 9.27. The van der Waals surface area contributed by atoms with Gasteiger partial charge in [0.2, 0.25) is 0 Å². The molecule has 1 aromatic heterocycles. The molecule has 0 spiro atoms. The van der Waals surface area contributed by atoms with Gasteiger partial charge in [0.05, 0.1) is 0 Å². The van der Waals surface area contributed by atoms with Crippen molar-refractivity contribution in [3.8, 4) is 5.75 Å². The van der Waals surface area contributed by atoms with E-state index < -0.39 is 0 Å². The Balaban J connectivity index is 1.99. The van der Waals surface area contributed by atoms with Crippen LogP contribution < -0.4 is 4.74 Å². The molecule has 0 bridgehead atoms. The number of nitrogens with zero attached hydrogens (tertiary/aromatic N) is 2. The minimum atomic E-state index is 0.476. The number of ether oxygens (including phenoxy) is 1. The number of hydrogen-bond acceptors (Lipinski definition) is 2. The second kappa shape index (κ2) is 4.58. The molecule has 0 atom stereocenters. The van der Waals surface area contributed by atoms with Gasteiger partial charge in [0.1, 0.15) is 18.1 Å². The summed E-state index contributed by atoms with van der Waals surface area (Å²) in [5, 5.41) is 5.02. The van der Waals surface area contributed by atoms with Crippen molar-refractivity contribution in [1.29, 1.82) is 0 Å². The van der Waals surface area contributed by atoms with Crippen molar-refractivity contribution in [3.63, 3.8) is 0 Å². The van der Waals surface area contributed by atoms with E-state index in [2.05, 4.69) is 5.10 Å². The molecule has 0 radical (unpaired) electrons. The molecular weight excluding hydrogens is 224 g/mol. The van der Waals surface area contributed by atoms with Gasteiger partial charge in [0.15, 0.2) is 0 Å². The summed E-state index contributed by atoms with van der Waals surface area (Å²) in [5.41, 5.74) is 2.05. The van der Waals surface area contributed by atoms with Gasteiger partial charge in [0.25, 0.3) is 0 Å². The molecule has 0 amide bonds. The Morgan fingerprint density at radius 2 is 2.00 bits per heavy atom. The fraction of sp³-hybridized carbons (Fsp3) is 0.250. The summed E-state index contributed by atoms with van der Waals surface area (Å²) in [6, 6.07) is 9.31. The molecule has 84 valence electrons. The van der Waals surface area contributed by atoms with Crippen LogP contribution in [-0.4, -0.2) is 9.78 Å². The van der Waals surface area contributed by atoms with Crippen LogP contribution in [0.5, 0.6) is 5.75 Å². The molecule has 4 heteroatoms. The fourth-order valence-corrected chi connectivity index (χ4v) is 1.52. The van der Waals surface area contributed by atoms with Gasteiger partial charge in [-0.15, -0.1) is 0 Å². The number of rotatable bonds is 3. The average Bonchev–Trinajstić information content (AvgIpc) is 2.58. The molecule has 2 aromatic rings. The second-order valence-electron chi connectivity index (χ2n) is 3.64. The molecule has 0 fully saturated rings. The van der Waals surface area contributed by atoms with Crippen LogP contribution in [0.2, 0.25) is 5.02 Å². The lowest BCUT2D eigenvalue weighted by atomic mass is 10.3. The van der Waals surface area contributed by atoms with Gasteiger partial charge in [-0.2, -0.15) is 5.10 Å². The first-order chi connectivity index (χ1) is 7.65. The van der Waals surface area contributed by atoms with E-state index in [9.17, 15) is 0 Å². The van der Waals surface area contributed by atoms with Gasteiger partial charge < -0.3 is 4.74 Å². The standard InChI is InChI=1S/C12H13ClN2O/c1-9-7-11(14-15(9)2)8-16-12-5-3-10(13)4-6-12/h3-7H,8H2,1-2H3. The van der Waals surface area contributed by atoms with Crippen molar-refractivity contribution in [2.45, 2.75) is 13.5 Å². The van der Waals surface area contributed by atoms with Crippen LogP contribution in [0.15, 0.2) is 30.3 Å². The molecule has 0 aliphatic rings. The topological polar surface area (TPSA) is 27.1 Å². The van der Waals surface area contributed by atoms with Crippen LogP contribution in [0.3, 0.4) is 0 Å². The van der Waals surface area contributed by atoms with Crippen molar-refractivity contribution in [2.75, 3.05) is 0 Å². The predicted octanol–water partition coefficient (Wildman–Crippen LogP) is 2.96. The lowest BCUT2D eigenvalue weighted by molar-refractivity contribution is 0.300. The third-order valence-corrected chi connectivity index (χ3v) is 2.62. The highest BCUT2D eigenvalue weighted by atomic mass is 35.5. The lowest BCUT2D eigenvalue weighted by Gasteiger charge is -2.03. The van der Waals surface area contributed by atoms with Gasteiger partial charge in [-0.05, 0) is 37.3 Å². The zero-order chi connectivity index (χ0) is 11.5. The number of aromatic nitrogens is 2. The van der Waals surface area contributed by atoms with E-state index in [1.54, 1.807) is 12.1 Å². The van der Waals surface area contributed by atoms with Crippen molar-refractivity contribution in [2.24, 2.45) is 7.05 Å². The normalized spacial score (nSPS) is 10.4. The summed E-state index contributed by atoms with van der Waals surface area (Å²) < 4.78 is 7.41. The van der Waals surface area contributed by atoms with Crippen molar-refractivity contribution >= 4 is 11.6 Å². The first-order valence-corrected chi connectivity index (χ1v) is 5.41. The number of halogens is 1. The van der Waals surface area contributed by atoms with Gasteiger partial charge in [-0.25, -0.2) is 0 Å². The molecular formula is C12H13ClN2O. The van der Waals surface area contributed by atoms with Crippen LogP contribution in [0.1, 0.15) is 11.4 Å². The predicted molar refractivity (Wildman–Crippen MR) is 63.7 cm³/mol. The van der Waals surface area contributed by atoms with Crippen LogP contribution in [0, 0.1) is 6.92 Å². The van der Waals surface area contributed by atoms with Crippen LogP contribution in [-0.2, 0) is 13.7 Å². The highest BCUT2D eigenvalue weighted by Crippen LogP contribution is 2.16. The third kappa shape index (κ3) is 2.55. The summed E-state index contributed by atoms with van der Waals surface area (Å²) in [7, 11) is 1.92. The van der Waals surface area contributed by atoms with Gasteiger partial charge in [-0.1, -0.05) is 11.6 Å². The Hall–Kier alpha value is -1.48. The summed E-state index contributed by atoms with van der Waals surface area (Å²) in [6.07, 6.45) is 0. The molecule has 1 aromatic carbocycles. The Labute approximate surface area is 99.6 Å². The summed E-state index contributed by atoms with van der Waals surface area (Å²) in [5.74, 6) is 0.799. The second-order valence-corrected chi connectivity index (χ2v) is 4.08. The van der Waals surface area contributed by atoms with Gasteiger partial charge in [0, 0.05) is 17.8 Å². The summed E-state index contributed by atoms with van der Waals surface area (Å²) in [4.78, 5) is 0. The van der Waals surface area contributed by atoms with Gasteiger partial charge >= 0.3 is 0 Å². The molecule has 1 heterocycles. The quantitative estimate of drug-likeness (QED) is 0.819. The maximum absolute atomic E-state index is 5.78. The van der Waals surface area contributed by atoms with E-state index >= 15 is 0 Å². The SMILES string of the molecule is Cc1cc(COc2ccc(Cl)cc2)nn1C. The zero-order valence-corrected chi connectivity index (χ0v) is 10.0. The molecule has 0 saturated heterocycles. The Kier molecular flexibility index (Phi) is 3.15. The maximum Gasteiger partial charge on any atom is 0.132 e. The fourth-order valence-electron chi connectivity index (χ4n) is 1.39. The highest BCUT2D eigenvalue weighted by molar-refractivity contribution is 6.30. The van der Waals surface area contributed by atoms with E-state index in [0.29, 0.717) is 11.6 Å². The molecule has 0 N–H and O–H groups in total. The first kappa shape index (κ1) is 11.0. The van der Waals surface area contributed by atoms with Crippen LogP contribution in [0.4, 0.5) is 0 Å². The van der Waals surface area contributed by atoms with Crippen molar-refractivity contribution in [1.82, 2.24) is 9.78 Å². The summed E-state index contributed by atoms with van der Waals surface area (Å²) >= 11 is 5.78. The highest BCUT2D eigenvalue weighted by Gasteiger charge is 2.02. The monoisotopic (exact) mass is 236 g/mol. The first-order valence-electron chi connectivity index (χ1n) is 5.03. The molecule has 2 rings (SSSR count). The molecule has 3 nitrogen and oxygen atoms in total. The molecule has 0 unspecified atom stereocenters. The van der Waals surface area contributed by atoms with E-state index in [1.165, 1.54) is 0 Å². The molecule has 0 saturated carbocycles. The number of aryl methyl sites for hydroxylation is 2.